The molecule has 2 nitrogen and oxygen atoms in total. The minimum atomic E-state index is 0.0222. The van der Waals surface area contributed by atoms with Crippen molar-refractivity contribution in [1.82, 2.24) is 0 Å². The molecule has 2 radical (unpaired) electrons. The summed E-state index contributed by atoms with van der Waals surface area (Å²) in [6.45, 7) is 5.75. The van der Waals surface area contributed by atoms with Crippen molar-refractivity contribution in [3.8, 4) is 0 Å². The van der Waals surface area contributed by atoms with Crippen LogP contribution < -0.4 is 0 Å². The molecule has 0 bridgehead atoms. The number of hydrogen-bond acceptors (Lipinski definition) is 2. The van der Waals surface area contributed by atoms with Crippen molar-refractivity contribution in [3.63, 3.8) is 0 Å². The van der Waals surface area contributed by atoms with Crippen LogP contribution in [0, 0.1) is 0 Å². The largest absolute Gasteiger partial charge is 0.417 e. The van der Waals surface area contributed by atoms with Gasteiger partial charge in [0.1, 0.15) is 0 Å². The van der Waals surface area contributed by atoms with E-state index in [2.05, 4.69) is 98.8 Å². The van der Waals surface area contributed by atoms with Crippen LogP contribution in [0.25, 0.3) is 0 Å². The third kappa shape index (κ3) is 7.96. The van der Waals surface area contributed by atoms with E-state index in [1.807, 2.05) is 0 Å². The molecule has 3 rings (SSSR count). The van der Waals surface area contributed by atoms with E-state index < -0.39 is 0 Å². The summed E-state index contributed by atoms with van der Waals surface area (Å²) in [5.41, 5.74) is 5.52. The lowest BCUT2D eigenvalue weighted by atomic mass is 9.82. The molecule has 0 aliphatic rings. The van der Waals surface area contributed by atoms with Crippen molar-refractivity contribution in [3.05, 3.63) is 107 Å². The first kappa shape index (κ1) is 25.4. The molecule has 3 aromatic rings. The summed E-state index contributed by atoms with van der Waals surface area (Å²) in [5, 5.41) is 9.14. The lowest BCUT2D eigenvalue weighted by Crippen LogP contribution is -2.25. The molecule has 0 aromatic heterocycles. The standard InChI is InChI=1S/C30H38O2Si/c1-30(2,29(27-18-6-3-7-19-27)28-20-8-4-9-21-28)33-32-24-13-5-10-15-25-16-11-12-17-26(25)22-14-23-31/h3-4,6-9,11-12,16-21,29,31H,5,10,13-15,22-24H2,1-2H3. The van der Waals surface area contributed by atoms with Crippen LogP contribution in [0.5, 0.6) is 0 Å². The predicted molar refractivity (Wildman–Crippen MR) is 140 cm³/mol. The number of hydrogen-bond donors (Lipinski definition) is 1. The highest BCUT2D eigenvalue weighted by Gasteiger charge is 2.33. The number of aliphatic hydroxyl groups excluding tert-OH is 1. The Balaban J connectivity index is 1.46. The topological polar surface area (TPSA) is 29.5 Å². The summed E-state index contributed by atoms with van der Waals surface area (Å²) < 4.78 is 6.25. The summed E-state index contributed by atoms with van der Waals surface area (Å²) in [7, 11) is 0.449. The molecule has 0 spiro atoms. The van der Waals surface area contributed by atoms with E-state index in [1.54, 1.807) is 0 Å². The monoisotopic (exact) mass is 458 g/mol. The molecule has 33 heavy (non-hydrogen) atoms. The Kier molecular flexibility index (Phi) is 10.4. The van der Waals surface area contributed by atoms with Crippen LogP contribution in [-0.4, -0.2) is 28.1 Å². The first-order valence-corrected chi connectivity index (χ1v) is 13.2. The molecule has 0 aliphatic carbocycles. The molecule has 0 fully saturated rings. The van der Waals surface area contributed by atoms with E-state index in [0.717, 1.165) is 32.3 Å². The molecule has 0 aliphatic heterocycles. The van der Waals surface area contributed by atoms with Gasteiger partial charge in [-0.2, -0.15) is 0 Å². The summed E-state index contributed by atoms with van der Waals surface area (Å²) in [5.74, 6) is 0.314. The maximum Gasteiger partial charge on any atom is 0.236 e. The quantitative estimate of drug-likeness (QED) is 0.208. The van der Waals surface area contributed by atoms with Crippen LogP contribution in [0.2, 0.25) is 5.04 Å². The summed E-state index contributed by atoms with van der Waals surface area (Å²) in [4.78, 5) is 0. The number of aliphatic hydroxyl groups is 1. The van der Waals surface area contributed by atoms with Gasteiger partial charge in [0.2, 0.25) is 9.76 Å². The predicted octanol–water partition coefficient (Wildman–Crippen LogP) is 6.99. The maximum absolute atomic E-state index is 9.12. The second-order valence-corrected chi connectivity index (χ2v) is 11.1. The Morgan fingerprint density at radius 1 is 0.697 bits per heavy atom. The van der Waals surface area contributed by atoms with Crippen molar-refractivity contribution < 1.29 is 9.53 Å². The number of unbranched alkanes of at least 4 members (excludes halogenated alkanes) is 2. The van der Waals surface area contributed by atoms with Crippen LogP contribution in [-0.2, 0) is 17.3 Å². The number of benzene rings is 3. The van der Waals surface area contributed by atoms with Crippen molar-refractivity contribution in [2.45, 2.75) is 63.3 Å². The van der Waals surface area contributed by atoms with Crippen molar-refractivity contribution in [2.24, 2.45) is 0 Å². The molecule has 1 N–H and O–H groups in total. The van der Waals surface area contributed by atoms with E-state index in [0.29, 0.717) is 15.7 Å². The Bertz CT molecular complexity index is 885. The first-order chi connectivity index (χ1) is 16.1. The van der Waals surface area contributed by atoms with Gasteiger partial charge in [-0.05, 0) is 59.4 Å². The SMILES string of the molecule is CC(C)([Si]OCCCCCc1ccccc1CCCO)C(c1ccccc1)c1ccccc1. The second kappa shape index (κ2) is 13.5. The van der Waals surface area contributed by atoms with Crippen LogP contribution >= 0.6 is 0 Å². The Morgan fingerprint density at radius 2 is 1.21 bits per heavy atom. The Hall–Kier alpha value is -2.20. The highest BCUT2D eigenvalue weighted by atomic mass is 28.2. The molecule has 174 valence electrons. The van der Waals surface area contributed by atoms with Crippen molar-refractivity contribution in [1.29, 1.82) is 0 Å². The van der Waals surface area contributed by atoms with Crippen molar-refractivity contribution >= 4 is 9.76 Å². The van der Waals surface area contributed by atoms with Gasteiger partial charge in [-0.25, -0.2) is 0 Å². The zero-order valence-electron chi connectivity index (χ0n) is 20.2. The Morgan fingerprint density at radius 3 is 1.76 bits per heavy atom. The van der Waals surface area contributed by atoms with Gasteiger partial charge in [0, 0.05) is 19.1 Å². The zero-order chi connectivity index (χ0) is 23.4. The fraction of sp³-hybridized carbons (Fsp3) is 0.400. The average molecular weight is 459 g/mol. The molecule has 3 heteroatoms. The van der Waals surface area contributed by atoms with Gasteiger partial charge in [0.25, 0.3) is 0 Å². The van der Waals surface area contributed by atoms with Gasteiger partial charge in [-0.3, -0.25) is 0 Å². The average Bonchev–Trinajstić information content (AvgIpc) is 2.84. The molecular weight excluding hydrogens is 420 g/mol. The van der Waals surface area contributed by atoms with Gasteiger partial charge in [0.15, 0.2) is 0 Å². The molecule has 0 saturated carbocycles. The lowest BCUT2D eigenvalue weighted by molar-refractivity contribution is 0.288. The lowest BCUT2D eigenvalue weighted by Gasteiger charge is -2.34. The van der Waals surface area contributed by atoms with Gasteiger partial charge >= 0.3 is 0 Å². The van der Waals surface area contributed by atoms with E-state index in [-0.39, 0.29) is 11.6 Å². The third-order valence-electron chi connectivity index (χ3n) is 6.24. The zero-order valence-corrected chi connectivity index (χ0v) is 21.2. The fourth-order valence-electron chi connectivity index (χ4n) is 4.59. The minimum absolute atomic E-state index is 0.0222. The van der Waals surface area contributed by atoms with Gasteiger partial charge in [-0.1, -0.05) is 105 Å². The molecular formula is C30H38O2Si. The molecule has 0 atom stereocenters. The highest BCUT2D eigenvalue weighted by molar-refractivity contribution is 6.32. The second-order valence-electron chi connectivity index (χ2n) is 9.33. The fourth-order valence-corrected chi connectivity index (χ4v) is 5.66. The normalized spacial score (nSPS) is 11.8. The highest BCUT2D eigenvalue weighted by Crippen LogP contribution is 2.45. The molecule has 0 heterocycles. The molecule has 0 saturated heterocycles. The third-order valence-corrected chi connectivity index (χ3v) is 7.40. The summed E-state index contributed by atoms with van der Waals surface area (Å²) >= 11 is 0. The van der Waals surface area contributed by atoms with E-state index in [1.165, 1.54) is 35.1 Å². The van der Waals surface area contributed by atoms with Gasteiger partial charge in [-0.15, -0.1) is 0 Å². The van der Waals surface area contributed by atoms with Gasteiger partial charge < -0.3 is 9.53 Å². The summed E-state index contributed by atoms with van der Waals surface area (Å²) in [6.07, 6.45) is 6.38. The van der Waals surface area contributed by atoms with E-state index >= 15 is 0 Å². The van der Waals surface area contributed by atoms with Crippen LogP contribution in [0.4, 0.5) is 0 Å². The van der Waals surface area contributed by atoms with E-state index in [4.69, 9.17) is 9.53 Å². The van der Waals surface area contributed by atoms with Crippen LogP contribution in [0.1, 0.15) is 67.7 Å². The van der Waals surface area contributed by atoms with Crippen molar-refractivity contribution in [2.75, 3.05) is 13.2 Å². The summed E-state index contributed by atoms with van der Waals surface area (Å²) in [6, 6.07) is 30.3. The van der Waals surface area contributed by atoms with E-state index in [9.17, 15) is 0 Å². The number of rotatable bonds is 14. The molecule has 0 amide bonds. The van der Waals surface area contributed by atoms with Crippen LogP contribution in [0.15, 0.2) is 84.9 Å². The van der Waals surface area contributed by atoms with Crippen LogP contribution in [0.3, 0.4) is 0 Å². The minimum Gasteiger partial charge on any atom is -0.417 e. The van der Waals surface area contributed by atoms with Gasteiger partial charge in [0.05, 0.1) is 0 Å². The number of aryl methyl sites for hydroxylation is 2. The maximum atomic E-state index is 9.12. The first-order valence-electron chi connectivity index (χ1n) is 12.3. The molecule has 0 unspecified atom stereocenters. The smallest absolute Gasteiger partial charge is 0.236 e. The Labute approximate surface area is 203 Å². The molecule has 3 aromatic carbocycles.